The Bertz CT molecular complexity index is 842. The average Bonchev–Trinajstić information content (AvgIpc) is 2.68. The van der Waals surface area contributed by atoms with Gasteiger partial charge in [0.2, 0.25) is 5.91 Å². The molecule has 0 saturated carbocycles. The van der Waals surface area contributed by atoms with Crippen molar-refractivity contribution in [2.75, 3.05) is 11.9 Å². The fourth-order valence-electron chi connectivity index (χ4n) is 2.24. The molecule has 2 aromatic carbocycles. The topological polar surface area (TPSA) is 93.7 Å². The molecule has 146 valence electrons. The molecule has 0 spiro atoms. The van der Waals surface area contributed by atoms with E-state index in [1.165, 1.54) is 18.2 Å². The van der Waals surface area contributed by atoms with Gasteiger partial charge in [-0.15, -0.1) is 0 Å². The molecule has 2 amide bonds. The normalized spacial score (nSPS) is 10.4. The first-order chi connectivity index (χ1) is 13.5. The van der Waals surface area contributed by atoms with E-state index in [9.17, 15) is 14.4 Å². The summed E-state index contributed by atoms with van der Waals surface area (Å²) in [6, 6.07) is 13.3. The van der Waals surface area contributed by atoms with Crippen LogP contribution in [0.2, 0.25) is 0 Å². The lowest BCUT2D eigenvalue weighted by Gasteiger charge is -2.08. The monoisotopic (exact) mass is 382 g/mol. The Labute approximate surface area is 163 Å². The highest BCUT2D eigenvalue weighted by molar-refractivity contribution is 5.99. The summed E-state index contributed by atoms with van der Waals surface area (Å²) in [5.74, 6) is -0.155. The number of allylic oxidation sites excluding steroid dienone is 1. The fraction of sp³-hybridized carbons (Fsp3) is 0.190. The third kappa shape index (κ3) is 6.60. The molecule has 0 atom stereocenters. The Kier molecular flexibility index (Phi) is 7.77. The SMILES string of the molecule is C/C=C/C(=O)Nc1ccc(CNC(=O)c2ccc(OC(=O)OCC)cc2)cc1. The summed E-state index contributed by atoms with van der Waals surface area (Å²) in [5.41, 5.74) is 2.00. The lowest BCUT2D eigenvalue weighted by molar-refractivity contribution is -0.111. The van der Waals surface area contributed by atoms with Crippen molar-refractivity contribution in [1.82, 2.24) is 5.32 Å². The quantitative estimate of drug-likeness (QED) is 0.433. The number of anilines is 1. The van der Waals surface area contributed by atoms with E-state index in [-0.39, 0.29) is 18.4 Å². The van der Waals surface area contributed by atoms with Gasteiger partial charge in [-0.05, 0) is 61.9 Å². The predicted octanol–water partition coefficient (Wildman–Crippen LogP) is 3.67. The Morgan fingerprint density at radius 3 is 2.29 bits per heavy atom. The van der Waals surface area contributed by atoms with Crippen molar-refractivity contribution in [3.8, 4) is 5.75 Å². The summed E-state index contributed by atoms with van der Waals surface area (Å²) in [7, 11) is 0. The summed E-state index contributed by atoms with van der Waals surface area (Å²) < 4.78 is 9.63. The van der Waals surface area contributed by atoms with E-state index in [4.69, 9.17) is 4.74 Å². The molecule has 0 bridgehead atoms. The molecule has 0 saturated heterocycles. The van der Waals surface area contributed by atoms with Crippen molar-refractivity contribution >= 4 is 23.7 Å². The zero-order valence-corrected chi connectivity index (χ0v) is 15.7. The van der Waals surface area contributed by atoms with Crippen LogP contribution in [0.4, 0.5) is 10.5 Å². The van der Waals surface area contributed by atoms with Crippen LogP contribution in [0.25, 0.3) is 0 Å². The van der Waals surface area contributed by atoms with Crippen LogP contribution in [0.15, 0.2) is 60.7 Å². The molecule has 2 aromatic rings. The summed E-state index contributed by atoms with van der Waals surface area (Å²) >= 11 is 0. The number of rotatable bonds is 7. The molecule has 0 aromatic heterocycles. The minimum atomic E-state index is -0.787. The summed E-state index contributed by atoms with van der Waals surface area (Å²) in [5, 5.41) is 5.54. The second-order valence-electron chi connectivity index (χ2n) is 5.68. The van der Waals surface area contributed by atoms with Gasteiger partial charge in [-0.3, -0.25) is 9.59 Å². The smallest absolute Gasteiger partial charge is 0.434 e. The molecular formula is C21H22N2O5. The van der Waals surface area contributed by atoms with E-state index in [1.54, 1.807) is 44.2 Å². The molecule has 0 fully saturated rings. The maximum atomic E-state index is 12.2. The Balaban J connectivity index is 1.86. The number of ether oxygens (including phenoxy) is 2. The van der Waals surface area contributed by atoms with Crippen LogP contribution >= 0.6 is 0 Å². The highest BCUT2D eigenvalue weighted by atomic mass is 16.7. The van der Waals surface area contributed by atoms with Gasteiger partial charge in [-0.25, -0.2) is 4.79 Å². The van der Waals surface area contributed by atoms with Crippen LogP contribution in [0.1, 0.15) is 29.8 Å². The number of nitrogens with one attached hydrogen (secondary N) is 2. The van der Waals surface area contributed by atoms with Gasteiger partial charge in [0.1, 0.15) is 5.75 Å². The van der Waals surface area contributed by atoms with E-state index < -0.39 is 6.16 Å². The van der Waals surface area contributed by atoms with Gasteiger partial charge in [-0.2, -0.15) is 0 Å². The molecule has 0 unspecified atom stereocenters. The van der Waals surface area contributed by atoms with Crippen molar-refractivity contribution in [3.63, 3.8) is 0 Å². The van der Waals surface area contributed by atoms with Gasteiger partial charge in [0.15, 0.2) is 0 Å². The van der Waals surface area contributed by atoms with Gasteiger partial charge < -0.3 is 20.1 Å². The molecule has 7 nitrogen and oxygen atoms in total. The second-order valence-corrected chi connectivity index (χ2v) is 5.68. The maximum Gasteiger partial charge on any atom is 0.513 e. The van der Waals surface area contributed by atoms with Crippen LogP contribution in [0, 0.1) is 0 Å². The molecule has 0 aliphatic heterocycles. The van der Waals surface area contributed by atoms with E-state index in [0.717, 1.165) is 5.56 Å². The van der Waals surface area contributed by atoms with Crippen LogP contribution in [-0.2, 0) is 16.1 Å². The largest absolute Gasteiger partial charge is 0.513 e. The third-order valence-electron chi connectivity index (χ3n) is 3.57. The first-order valence-electron chi connectivity index (χ1n) is 8.77. The molecule has 28 heavy (non-hydrogen) atoms. The van der Waals surface area contributed by atoms with E-state index in [1.807, 2.05) is 12.1 Å². The van der Waals surface area contributed by atoms with Gasteiger partial charge in [0, 0.05) is 17.8 Å². The highest BCUT2D eigenvalue weighted by Crippen LogP contribution is 2.14. The van der Waals surface area contributed by atoms with Crippen LogP contribution in [0.3, 0.4) is 0 Å². The Morgan fingerprint density at radius 1 is 1.00 bits per heavy atom. The van der Waals surface area contributed by atoms with E-state index >= 15 is 0 Å². The predicted molar refractivity (Wildman–Crippen MR) is 105 cm³/mol. The number of hydrogen-bond acceptors (Lipinski definition) is 5. The van der Waals surface area contributed by atoms with E-state index in [0.29, 0.717) is 23.5 Å². The standard InChI is InChI=1S/C21H22N2O5/c1-3-5-19(24)23-17-10-6-15(7-11-17)14-22-20(25)16-8-12-18(13-9-16)28-21(26)27-4-2/h3,5-13H,4,14H2,1-2H3,(H,22,25)(H,23,24)/b5-3+. The van der Waals surface area contributed by atoms with Crippen molar-refractivity contribution in [2.24, 2.45) is 0 Å². The van der Waals surface area contributed by atoms with Gasteiger partial charge in [0.25, 0.3) is 5.91 Å². The molecule has 0 heterocycles. The molecule has 0 aliphatic carbocycles. The minimum Gasteiger partial charge on any atom is -0.434 e. The number of hydrogen-bond donors (Lipinski definition) is 2. The molecule has 2 N–H and O–H groups in total. The summed E-state index contributed by atoms with van der Waals surface area (Å²) in [6.45, 7) is 4.01. The zero-order valence-electron chi connectivity index (χ0n) is 15.7. The van der Waals surface area contributed by atoms with Gasteiger partial charge >= 0.3 is 6.16 Å². The summed E-state index contributed by atoms with van der Waals surface area (Å²) in [4.78, 5) is 35.0. The van der Waals surface area contributed by atoms with Crippen molar-refractivity contribution in [3.05, 3.63) is 71.8 Å². The number of amides is 2. The van der Waals surface area contributed by atoms with Gasteiger partial charge in [0.05, 0.1) is 6.61 Å². The lowest BCUT2D eigenvalue weighted by Crippen LogP contribution is -2.22. The molecular weight excluding hydrogens is 360 g/mol. The molecule has 0 aliphatic rings. The lowest BCUT2D eigenvalue weighted by atomic mass is 10.1. The highest BCUT2D eigenvalue weighted by Gasteiger charge is 2.08. The van der Waals surface area contributed by atoms with Crippen LogP contribution < -0.4 is 15.4 Å². The van der Waals surface area contributed by atoms with Crippen molar-refractivity contribution < 1.29 is 23.9 Å². The number of carbonyl (C=O) groups excluding carboxylic acids is 3. The first kappa shape index (κ1) is 20.7. The fourth-order valence-corrected chi connectivity index (χ4v) is 2.24. The zero-order chi connectivity index (χ0) is 20.4. The first-order valence-corrected chi connectivity index (χ1v) is 8.77. The number of carbonyl (C=O) groups is 3. The molecule has 0 radical (unpaired) electrons. The van der Waals surface area contributed by atoms with Gasteiger partial charge in [-0.1, -0.05) is 18.2 Å². The molecule has 2 rings (SSSR count). The maximum absolute atomic E-state index is 12.2. The molecule has 7 heteroatoms. The average molecular weight is 382 g/mol. The van der Waals surface area contributed by atoms with Crippen molar-refractivity contribution in [2.45, 2.75) is 20.4 Å². The van der Waals surface area contributed by atoms with Crippen molar-refractivity contribution in [1.29, 1.82) is 0 Å². The second kappa shape index (κ2) is 10.5. The minimum absolute atomic E-state index is 0.195. The number of benzene rings is 2. The van der Waals surface area contributed by atoms with E-state index in [2.05, 4.69) is 15.4 Å². The van der Waals surface area contributed by atoms with Crippen LogP contribution in [-0.4, -0.2) is 24.6 Å². The Hall–Kier alpha value is -3.61. The summed E-state index contributed by atoms with van der Waals surface area (Å²) in [6.07, 6.45) is 2.32. The third-order valence-corrected chi connectivity index (χ3v) is 3.57. The van der Waals surface area contributed by atoms with Crippen LogP contribution in [0.5, 0.6) is 5.75 Å². The Morgan fingerprint density at radius 2 is 1.68 bits per heavy atom.